The number of nitrogens with zero attached hydrogens (tertiary/aromatic N) is 2. The zero-order chi connectivity index (χ0) is 20.5. The molecule has 3 aromatic rings. The number of hydrogen-bond acceptors (Lipinski definition) is 5. The summed E-state index contributed by atoms with van der Waals surface area (Å²) in [5.74, 6) is 0.563. The van der Waals surface area contributed by atoms with Crippen LogP contribution in [0.5, 0.6) is 5.75 Å². The second kappa shape index (κ2) is 7.93. The van der Waals surface area contributed by atoms with Gasteiger partial charge in [0.25, 0.3) is 5.56 Å². The number of halogens is 1. The van der Waals surface area contributed by atoms with Gasteiger partial charge in [0.05, 0.1) is 5.56 Å². The lowest BCUT2D eigenvalue weighted by Gasteiger charge is -2.27. The van der Waals surface area contributed by atoms with Crippen molar-refractivity contribution in [2.45, 2.75) is 23.2 Å². The highest BCUT2D eigenvalue weighted by molar-refractivity contribution is 7.98. The van der Waals surface area contributed by atoms with E-state index in [2.05, 4.69) is 10.3 Å². The zero-order valence-electron chi connectivity index (χ0n) is 15.6. The standard InChI is InChI=1S/C21H18ClN3O3S/c1-25-19-18(15(10-17(27)23-19)12-6-8-14(26)9-7-12)20(28)24-21(25)29-11-13-4-2-3-5-16(13)22/h2-9,15,26H,10-11H2,1H3,(H,23,27). The van der Waals surface area contributed by atoms with E-state index in [-0.39, 0.29) is 23.6 Å². The maximum Gasteiger partial charge on any atom is 0.279 e. The van der Waals surface area contributed by atoms with Crippen LogP contribution in [0.15, 0.2) is 58.5 Å². The Morgan fingerprint density at radius 1 is 1.21 bits per heavy atom. The molecular formula is C21H18ClN3O3S. The number of aromatic nitrogens is 2. The Hall–Kier alpha value is -2.77. The number of hydrogen-bond donors (Lipinski definition) is 2. The van der Waals surface area contributed by atoms with Gasteiger partial charge in [0.15, 0.2) is 5.16 Å². The zero-order valence-corrected chi connectivity index (χ0v) is 17.1. The summed E-state index contributed by atoms with van der Waals surface area (Å²) in [7, 11) is 1.78. The van der Waals surface area contributed by atoms with Crippen molar-refractivity contribution in [1.29, 1.82) is 0 Å². The number of carbonyl (C=O) groups excluding carboxylic acids is 1. The topological polar surface area (TPSA) is 84.2 Å². The summed E-state index contributed by atoms with van der Waals surface area (Å²) in [4.78, 5) is 29.5. The van der Waals surface area contributed by atoms with Crippen LogP contribution in [0.2, 0.25) is 5.02 Å². The molecule has 1 aliphatic heterocycles. The number of phenols is 1. The van der Waals surface area contributed by atoms with Gasteiger partial charge in [0.1, 0.15) is 11.6 Å². The van der Waals surface area contributed by atoms with E-state index in [1.165, 1.54) is 11.8 Å². The number of nitrogens with one attached hydrogen (secondary N) is 1. The molecule has 1 aliphatic rings. The molecule has 1 atom stereocenters. The molecule has 1 amide bonds. The summed E-state index contributed by atoms with van der Waals surface area (Å²) < 4.78 is 1.74. The molecule has 1 unspecified atom stereocenters. The van der Waals surface area contributed by atoms with Crippen LogP contribution in [-0.4, -0.2) is 20.6 Å². The van der Waals surface area contributed by atoms with E-state index >= 15 is 0 Å². The Kier molecular flexibility index (Phi) is 5.34. The first kappa shape index (κ1) is 19.5. The molecule has 0 saturated carbocycles. The summed E-state index contributed by atoms with van der Waals surface area (Å²) >= 11 is 7.60. The van der Waals surface area contributed by atoms with Crippen molar-refractivity contribution < 1.29 is 9.90 Å². The fraction of sp³-hybridized carbons (Fsp3) is 0.190. The minimum absolute atomic E-state index is 0.131. The molecule has 0 aliphatic carbocycles. The molecule has 8 heteroatoms. The third kappa shape index (κ3) is 3.88. The molecule has 6 nitrogen and oxygen atoms in total. The number of rotatable bonds is 4. The Morgan fingerprint density at radius 3 is 2.66 bits per heavy atom. The van der Waals surface area contributed by atoms with Gasteiger partial charge in [0.2, 0.25) is 5.91 Å². The number of aromatic hydroxyl groups is 1. The van der Waals surface area contributed by atoms with Gasteiger partial charge in [-0.3, -0.25) is 9.59 Å². The molecule has 2 heterocycles. The number of thioether (sulfide) groups is 1. The summed E-state index contributed by atoms with van der Waals surface area (Å²) in [6.45, 7) is 0. The van der Waals surface area contributed by atoms with Crippen LogP contribution in [0.4, 0.5) is 5.82 Å². The first-order chi connectivity index (χ1) is 13.9. The monoisotopic (exact) mass is 427 g/mol. The van der Waals surface area contributed by atoms with Crippen molar-refractivity contribution in [2.24, 2.45) is 7.05 Å². The lowest BCUT2D eigenvalue weighted by atomic mass is 9.87. The summed E-state index contributed by atoms with van der Waals surface area (Å²) in [5, 5.41) is 13.5. The summed E-state index contributed by atoms with van der Waals surface area (Å²) in [6.07, 6.45) is 0.154. The van der Waals surface area contributed by atoms with Crippen LogP contribution >= 0.6 is 23.4 Å². The van der Waals surface area contributed by atoms with Crippen molar-refractivity contribution in [3.8, 4) is 5.75 Å². The molecule has 0 bridgehead atoms. The van der Waals surface area contributed by atoms with Crippen molar-refractivity contribution in [3.05, 3.63) is 80.6 Å². The third-order valence-electron chi connectivity index (χ3n) is 4.91. The maximum atomic E-state index is 12.9. The Balaban J connectivity index is 1.72. The minimum Gasteiger partial charge on any atom is -0.508 e. The second-order valence-electron chi connectivity index (χ2n) is 6.80. The van der Waals surface area contributed by atoms with Crippen LogP contribution < -0.4 is 10.9 Å². The molecule has 0 saturated heterocycles. The van der Waals surface area contributed by atoms with E-state index in [1.807, 2.05) is 24.3 Å². The van der Waals surface area contributed by atoms with E-state index in [4.69, 9.17) is 11.6 Å². The first-order valence-electron chi connectivity index (χ1n) is 9.00. The van der Waals surface area contributed by atoms with Crippen LogP contribution in [0, 0.1) is 0 Å². The van der Waals surface area contributed by atoms with Gasteiger partial charge in [0, 0.05) is 30.2 Å². The summed E-state index contributed by atoms with van der Waals surface area (Å²) in [5.41, 5.74) is 1.82. The van der Waals surface area contributed by atoms with Gasteiger partial charge in [-0.05, 0) is 29.3 Å². The quantitative estimate of drug-likeness (QED) is 0.487. The predicted molar refractivity (Wildman–Crippen MR) is 114 cm³/mol. The average molecular weight is 428 g/mol. The number of carbonyl (C=O) groups is 1. The highest BCUT2D eigenvalue weighted by Gasteiger charge is 2.32. The average Bonchev–Trinajstić information content (AvgIpc) is 2.70. The number of phenolic OH excluding ortho intramolecular Hbond substituents is 1. The fourth-order valence-corrected chi connectivity index (χ4v) is 4.66. The van der Waals surface area contributed by atoms with Crippen molar-refractivity contribution in [3.63, 3.8) is 0 Å². The van der Waals surface area contributed by atoms with Crippen LogP contribution in [0.3, 0.4) is 0 Å². The Morgan fingerprint density at radius 2 is 1.93 bits per heavy atom. The highest BCUT2D eigenvalue weighted by atomic mass is 35.5. The Labute approximate surface area is 176 Å². The lowest BCUT2D eigenvalue weighted by molar-refractivity contribution is -0.116. The normalized spacial score (nSPS) is 15.7. The molecule has 148 valence electrons. The van der Waals surface area contributed by atoms with E-state index in [9.17, 15) is 14.7 Å². The second-order valence-corrected chi connectivity index (χ2v) is 8.15. The van der Waals surface area contributed by atoms with Gasteiger partial charge in [-0.2, -0.15) is 4.98 Å². The van der Waals surface area contributed by atoms with Crippen LogP contribution in [-0.2, 0) is 17.6 Å². The van der Waals surface area contributed by atoms with E-state index < -0.39 is 5.92 Å². The fourth-order valence-electron chi connectivity index (χ4n) is 3.41. The van der Waals surface area contributed by atoms with Crippen molar-refractivity contribution in [1.82, 2.24) is 9.55 Å². The van der Waals surface area contributed by atoms with Crippen molar-refractivity contribution >= 4 is 35.1 Å². The number of benzene rings is 2. The smallest absolute Gasteiger partial charge is 0.279 e. The van der Waals surface area contributed by atoms with E-state index in [0.717, 1.165) is 11.1 Å². The number of fused-ring (bicyclic) bond motifs is 1. The van der Waals surface area contributed by atoms with Gasteiger partial charge in [-0.15, -0.1) is 0 Å². The van der Waals surface area contributed by atoms with Crippen LogP contribution in [0.1, 0.15) is 29.0 Å². The predicted octanol–water partition coefficient (Wildman–Crippen LogP) is 3.91. The van der Waals surface area contributed by atoms with Gasteiger partial charge >= 0.3 is 0 Å². The van der Waals surface area contributed by atoms with E-state index in [0.29, 0.717) is 27.3 Å². The SMILES string of the molecule is Cn1c(SCc2ccccc2Cl)nc(=O)c2c1NC(=O)CC2c1ccc(O)cc1. The largest absolute Gasteiger partial charge is 0.508 e. The number of anilines is 1. The van der Waals surface area contributed by atoms with Gasteiger partial charge < -0.3 is 15.0 Å². The number of amides is 1. The molecule has 4 rings (SSSR count). The Bertz CT molecular complexity index is 1140. The van der Waals surface area contributed by atoms with Crippen LogP contribution in [0.25, 0.3) is 0 Å². The lowest BCUT2D eigenvalue weighted by Crippen LogP contribution is -2.33. The summed E-state index contributed by atoms with van der Waals surface area (Å²) in [6, 6.07) is 14.1. The molecule has 2 aromatic carbocycles. The van der Waals surface area contributed by atoms with Gasteiger partial charge in [-0.1, -0.05) is 53.7 Å². The molecule has 1 aromatic heterocycles. The molecule has 29 heavy (non-hydrogen) atoms. The van der Waals surface area contributed by atoms with Gasteiger partial charge in [-0.25, -0.2) is 0 Å². The molecule has 0 fully saturated rings. The molecule has 0 radical (unpaired) electrons. The first-order valence-corrected chi connectivity index (χ1v) is 10.4. The highest BCUT2D eigenvalue weighted by Crippen LogP contribution is 2.36. The van der Waals surface area contributed by atoms with Crippen molar-refractivity contribution in [2.75, 3.05) is 5.32 Å². The molecule has 0 spiro atoms. The molecular weight excluding hydrogens is 410 g/mol. The maximum absolute atomic E-state index is 12.9. The third-order valence-corrected chi connectivity index (χ3v) is 6.36. The minimum atomic E-state index is -0.409. The van der Waals surface area contributed by atoms with E-state index in [1.54, 1.807) is 35.9 Å². The molecule has 2 N–H and O–H groups in total.